The zero-order valence-corrected chi connectivity index (χ0v) is 16.3. The Labute approximate surface area is 152 Å². The van der Waals surface area contributed by atoms with E-state index < -0.39 is 0 Å². The molecule has 0 heterocycles. The Balaban J connectivity index is 1.49. The lowest BCUT2D eigenvalue weighted by molar-refractivity contribution is -0.172. The second kappa shape index (κ2) is 6.14. The van der Waals surface area contributed by atoms with E-state index in [1.165, 1.54) is 52.1 Å². The quantitative estimate of drug-likeness (QED) is 0.805. The highest BCUT2D eigenvalue weighted by Gasteiger charge is 2.63. The van der Waals surface area contributed by atoms with Gasteiger partial charge in [-0.3, -0.25) is 0 Å². The van der Waals surface area contributed by atoms with Crippen molar-refractivity contribution in [3.05, 3.63) is 0 Å². The van der Waals surface area contributed by atoms with Crippen LogP contribution in [0, 0.1) is 34.5 Å². The predicted octanol–water partition coefficient (Wildman–Crippen LogP) is 4.38. The Morgan fingerprint density at radius 3 is 2.44 bits per heavy atom. The number of carbonyl (C=O) groups is 1. The molecule has 4 fully saturated rings. The Bertz CT molecular complexity index is 537. The maximum atomic E-state index is 11.7. The van der Waals surface area contributed by atoms with E-state index in [2.05, 4.69) is 19.2 Å². The number of amides is 1. The minimum atomic E-state index is -0.264. The average molecular weight is 350 g/mol. The second-order valence-corrected chi connectivity index (χ2v) is 9.76. The van der Waals surface area contributed by atoms with Crippen LogP contribution < -0.4 is 5.32 Å². The zero-order valence-electron chi connectivity index (χ0n) is 16.3. The molecule has 0 spiro atoms. The Morgan fingerprint density at radius 2 is 1.72 bits per heavy atom. The summed E-state index contributed by atoms with van der Waals surface area (Å²) >= 11 is 0. The van der Waals surface area contributed by atoms with Crippen molar-refractivity contribution in [3.63, 3.8) is 0 Å². The van der Waals surface area contributed by atoms with E-state index in [9.17, 15) is 4.79 Å². The van der Waals surface area contributed by atoms with Gasteiger partial charge in [-0.2, -0.15) is 0 Å². The van der Waals surface area contributed by atoms with Gasteiger partial charge in [-0.15, -0.1) is 0 Å². The third-order valence-electron chi connectivity index (χ3n) is 9.15. The molecule has 142 valence electrons. The van der Waals surface area contributed by atoms with Gasteiger partial charge >= 0.3 is 6.09 Å². The van der Waals surface area contributed by atoms with Crippen molar-refractivity contribution in [1.82, 2.24) is 5.32 Å². The molecule has 1 N–H and O–H groups in total. The summed E-state index contributed by atoms with van der Waals surface area (Å²) in [5, 5.41) is 3.10. The highest BCUT2D eigenvalue weighted by atomic mass is 16.5. The molecule has 4 nitrogen and oxygen atoms in total. The molecule has 0 aromatic heterocycles. The van der Waals surface area contributed by atoms with Crippen LogP contribution >= 0.6 is 0 Å². The summed E-state index contributed by atoms with van der Waals surface area (Å²) in [6, 6.07) is 0.306. The van der Waals surface area contributed by atoms with E-state index in [0.717, 1.165) is 30.1 Å². The van der Waals surface area contributed by atoms with Crippen LogP contribution in [0.3, 0.4) is 0 Å². The number of rotatable bonds is 2. The highest BCUT2D eigenvalue weighted by molar-refractivity contribution is 5.67. The summed E-state index contributed by atoms with van der Waals surface area (Å²) in [7, 11) is 3.34. The summed E-state index contributed by atoms with van der Waals surface area (Å²) in [6.45, 7) is 5.00. The number of hydrogen-bond donors (Lipinski definition) is 1. The SMILES string of the molecule is COC(=O)N[C@@H]1C[C@H]2[C@@H]3CC[C@H]4C[C@@H](OC)CC[C@]4(C)[C@H]3CC[C@@]12C. The molecule has 4 aliphatic carbocycles. The molecule has 0 unspecified atom stereocenters. The lowest BCUT2D eigenvalue weighted by Crippen LogP contribution is -2.66. The van der Waals surface area contributed by atoms with Crippen molar-refractivity contribution >= 4 is 6.09 Å². The summed E-state index contributed by atoms with van der Waals surface area (Å²) in [5.74, 6) is 3.36. The molecule has 0 aliphatic heterocycles. The lowest BCUT2D eigenvalue weighted by atomic mass is 9.39. The van der Waals surface area contributed by atoms with Gasteiger partial charge in [0.25, 0.3) is 0 Å². The monoisotopic (exact) mass is 349 g/mol. The van der Waals surface area contributed by atoms with Crippen molar-refractivity contribution in [3.8, 4) is 0 Å². The first-order chi connectivity index (χ1) is 11.9. The van der Waals surface area contributed by atoms with Crippen molar-refractivity contribution in [2.75, 3.05) is 14.2 Å². The second-order valence-electron chi connectivity index (χ2n) is 9.76. The Morgan fingerprint density at radius 1 is 0.960 bits per heavy atom. The molecule has 0 radical (unpaired) electrons. The molecule has 0 bridgehead atoms. The first-order valence-corrected chi connectivity index (χ1v) is 10.3. The minimum Gasteiger partial charge on any atom is -0.453 e. The number of carbonyl (C=O) groups excluding carboxylic acids is 1. The van der Waals surface area contributed by atoms with Crippen LogP contribution in [0.2, 0.25) is 0 Å². The molecule has 8 atom stereocenters. The van der Waals surface area contributed by atoms with E-state index in [-0.39, 0.29) is 11.5 Å². The summed E-state index contributed by atoms with van der Waals surface area (Å²) in [4.78, 5) is 11.7. The summed E-state index contributed by atoms with van der Waals surface area (Å²) in [6.07, 6.45) is 10.6. The van der Waals surface area contributed by atoms with Gasteiger partial charge in [0.1, 0.15) is 0 Å². The van der Waals surface area contributed by atoms with Crippen LogP contribution in [0.15, 0.2) is 0 Å². The van der Waals surface area contributed by atoms with E-state index in [1.807, 2.05) is 7.11 Å². The number of ether oxygens (including phenoxy) is 2. The third kappa shape index (κ3) is 2.54. The summed E-state index contributed by atoms with van der Waals surface area (Å²) in [5.41, 5.74) is 0.794. The smallest absolute Gasteiger partial charge is 0.407 e. The molecular formula is C21H35NO3. The van der Waals surface area contributed by atoms with Gasteiger partial charge in [0.2, 0.25) is 0 Å². The van der Waals surface area contributed by atoms with Crippen LogP contribution in [0.5, 0.6) is 0 Å². The first-order valence-electron chi connectivity index (χ1n) is 10.3. The largest absolute Gasteiger partial charge is 0.453 e. The Hall–Kier alpha value is -0.770. The average Bonchev–Trinajstić information content (AvgIpc) is 2.61. The van der Waals surface area contributed by atoms with Crippen LogP contribution in [0.4, 0.5) is 4.79 Å². The van der Waals surface area contributed by atoms with Gasteiger partial charge < -0.3 is 14.8 Å². The van der Waals surface area contributed by atoms with Gasteiger partial charge in [-0.05, 0) is 85.9 Å². The first kappa shape index (κ1) is 17.6. The topological polar surface area (TPSA) is 47.6 Å². The third-order valence-corrected chi connectivity index (χ3v) is 9.15. The molecule has 1 amide bonds. The fourth-order valence-electron chi connectivity index (χ4n) is 7.44. The number of methoxy groups -OCH3 is 2. The standard InChI is InChI=1S/C21H35NO3/c1-20-9-7-14(24-3)11-13(20)5-6-15-16(20)8-10-21(2)17(15)12-18(21)22-19(23)25-4/h13-18H,5-12H2,1-4H3,(H,22,23)/t13-,14-,15+,16-,17-,18+,20-,21+/m0/s1. The zero-order chi connectivity index (χ0) is 17.8. The van der Waals surface area contributed by atoms with Crippen LogP contribution in [-0.2, 0) is 9.47 Å². The van der Waals surface area contributed by atoms with Gasteiger partial charge in [0.15, 0.2) is 0 Å². The number of hydrogen-bond acceptors (Lipinski definition) is 3. The van der Waals surface area contributed by atoms with Crippen LogP contribution in [0.1, 0.15) is 65.2 Å². The maximum Gasteiger partial charge on any atom is 0.407 e. The minimum absolute atomic E-state index is 0.264. The number of alkyl carbamates (subject to hydrolysis) is 1. The Kier molecular flexibility index (Phi) is 4.33. The van der Waals surface area contributed by atoms with Crippen molar-refractivity contribution in [2.24, 2.45) is 34.5 Å². The van der Waals surface area contributed by atoms with Crippen LogP contribution in [-0.4, -0.2) is 32.5 Å². The molecule has 25 heavy (non-hydrogen) atoms. The summed E-state index contributed by atoms with van der Waals surface area (Å²) < 4.78 is 10.5. The molecule has 4 saturated carbocycles. The fourth-order valence-corrected chi connectivity index (χ4v) is 7.44. The fraction of sp³-hybridized carbons (Fsp3) is 0.952. The van der Waals surface area contributed by atoms with Crippen LogP contribution in [0.25, 0.3) is 0 Å². The molecule has 4 aliphatic rings. The maximum absolute atomic E-state index is 11.7. The highest BCUT2D eigenvalue weighted by Crippen LogP contribution is 2.67. The van der Waals surface area contributed by atoms with Crippen molar-refractivity contribution < 1.29 is 14.3 Å². The van der Waals surface area contributed by atoms with E-state index >= 15 is 0 Å². The lowest BCUT2D eigenvalue weighted by Gasteiger charge is -2.67. The molecule has 0 aromatic carbocycles. The van der Waals surface area contributed by atoms with E-state index in [0.29, 0.717) is 17.6 Å². The van der Waals surface area contributed by atoms with Crippen molar-refractivity contribution in [2.45, 2.75) is 77.4 Å². The number of fused-ring (bicyclic) bond motifs is 5. The van der Waals surface area contributed by atoms with E-state index in [1.54, 1.807) is 0 Å². The molecule has 4 heteroatoms. The normalized spacial score (nSPS) is 51.4. The van der Waals surface area contributed by atoms with E-state index in [4.69, 9.17) is 9.47 Å². The molecule has 4 rings (SSSR count). The van der Waals surface area contributed by atoms with Gasteiger partial charge in [-0.25, -0.2) is 4.79 Å². The van der Waals surface area contributed by atoms with Gasteiger partial charge in [-0.1, -0.05) is 13.8 Å². The van der Waals surface area contributed by atoms with Crippen molar-refractivity contribution in [1.29, 1.82) is 0 Å². The molecule has 0 saturated heterocycles. The molecule has 0 aromatic rings. The van der Waals surface area contributed by atoms with Gasteiger partial charge in [0, 0.05) is 13.2 Å². The predicted molar refractivity (Wildman–Crippen MR) is 97.2 cm³/mol. The molecular weight excluding hydrogens is 314 g/mol. The van der Waals surface area contributed by atoms with Gasteiger partial charge in [0.05, 0.1) is 13.2 Å². The number of nitrogens with one attached hydrogen (secondary N) is 1.